The number of allylic oxidation sites excluding steroid dienone is 1. The Morgan fingerprint density at radius 3 is 2.74 bits per heavy atom. The van der Waals surface area contributed by atoms with Gasteiger partial charge in [0.05, 0.1) is 26.4 Å². The maximum absolute atomic E-state index is 10.0. The van der Waals surface area contributed by atoms with Crippen molar-refractivity contribution in [2.45, 2.75) is 26.9 Å². The Balaban J connectivity index is 2.02. The quantitative estimate of drug-likeness (QED) is 0.840. The minimum atomic E-state index is -0.207. The van der Waals surface area contributed by atoms with Gasteiger partial charge < -0.3 is 19.7 Å². The first-order valence-corrected chi connectivity index (χ1v) is 8.22. The van der Waals surface area contributed by atoms with Gasteiger partial charge in [-0.1, -0.05) is 31.6 Å². The highest BCUT2D eigenvalue weighted by molar-refractivity contribution is 5.43. The number of aliphatic hydroxyl groups excluding tert-OH is 1. The van der Waals surface area contributed by atoms with Crippen LogP contribution in [0.2, 0.25) is 0 Å². The van der Waals surface area contributed by atoms with E-state index in [0.717, 1.165) is 5.56 Å². The molecule has 126 valence electrons. The van der Waals surface area contributed by atoms with Gasteiger partial charge in [0, 0.05) is 11.3 Å². The number of phenolic OH excluding ortho intramolecular Hbond substituents is 1. The molecule has 1 heterocycles. The predicted molar refractivity (Wildman–Crippen MR) is 88.4 cm³/mol. The maximum atomic E-state index is 10.0. The molecule has 1 aliphatic heterocycles. The second-order valence-corrected chi connectivity index (χ2v) is 7.07. The van der Waals surface area contributed by atoms with Crippen molar-refractivity contribution in [1.82, 2.24) is 0 Å². The van der Waals surface area contributed by atoms with Gasteiger partial charge in [0.2, 0.25) is 0 Å². The Morgan fingerprint density at radius 2 is 2.09 bits per heavy atom. The molecule has 5 atom stereocenters. The lowest BCUT2D eigenvalue weighted by Crippen LogP contribution is -2.53. The first-order valence-electron chi connectivity index (χ1n) is 8.22. The molecule has 0 spiro atoms. The Morgan fingerprint density at radius 1 is 1.35 bits per heavy atom. The molecular weight excluding hydrogens is 292 g/mol. The molecule has 3 rings (SSSR count). The molecule has 23 heavy (non-hydrogen) atoms. The minimum absolute atomic E-state index is 0.0806. The number of rotatable bonds is 3. The molecular formula is C19H26O4. The topological polar surface area (TPSA) is 58.9 Å². The summed E-state index contributed by atoms with van der Waals surface area (Å²) in [6.07, 6.45) is 2.21. The molecule has 0 aromatic heterocycles. The van der Waals surface area contributed by atoms with Crippen LogP contribution in [-0.4, -0.2) is 30.5 Å². The Labute approximate surface area is 137 Å². The fraction of sp³-hybridized carbons (Fsp3) is 0.579. The monoisotopic (exact) mass is 318 g/mol. The smallest absolute Gasteiger partial charge is 0.160 e. The van der Waals surface area contributed by atoms with Crippen LogP contribution < -0.4 is 4.74 Å². The van der Waals surface area contributed by atoms with Crippen molar-refractivity contribution in [3.05, 3.63) is 35.4 Å². The van der Waals surface area contributed by atoms with Gasteiger partial charge >= 0.3 is 0 Å². The third-order valence-corrected chi connectivity index (χ3v) is 6.08. The lowest BCUT2D eigenvalue weighted by atomic mass is 9.56. The van der Waals surface area contributed by atoms with Gasteiger partial charge in [-0.2, -0.15) is 0 Å². The molecule has 1 aliphatic carbocycles. The summed E-state index contributed by atoms with van der Waals surface area (Å²) in [6.45, 7) is 7.22. The zero-order valence-electron chi connectivity index (χ0n) is 14.2. The molecule has 0 radical (unpaired) electrons. The summed E-state index contributed by atoms with van der Waals surface area (Å²) in [5.74, 6) is 1.44. The largest absolute Gasteiger partial charge is 0.504 e. The van der Waals surface area contributed by atoms with E-state index >= 15 is 0 Å². The van der Waals surface area contributed by atoms with E-state index < -0.39 is 0 Å². The van der Waals surface area contributed by atoms with Gasteiger partial charge in [-0.25, -0.2) is 0 Å². The molecule has 2 N–H and O–H groups in total. The molecule has 1 fully saturated rings. The first-order chi connectivity index (χ1) is 10.9. The van der Waals surface area contributed by atoms with E-state index in [2.05, 4.69) is 26.8 Å². The molecule has 2 bridgehead atoms. The number of ether oxygens (including phenoxy) is 2. The van der Waals surface area contributed by atoms with Gasteiger partial charge in [-0.05, 0) is 36.5 Å². The average molecular weight is 318 g/mol. The molecule has 4 nitrogen and oxygen atoms in total. The zero-order chi connectivity index (χ0) is 16.8. The Kier molecular flexibility index (Phi) is 4.15. The number of methoxy groups -OCH3 is 1. The summed E-state index contributed by atoms with van der Waals surface area (Å²) in [4.78, 5) is 0. The van der Waals surface area contributed by atoms with Gasteiger partial charge in [0.1, 0.15) is 0 Å². The van der Waals surface area contributed by atoms with Crippen molar-refractivity contribution in [2.24, 2.45) is 23.2 Å². The van der Waals surface area contributed by atoms with E-state index in [9.17, 15) is 10.2 Å². The second-order valence-electron chi connectivity index (χ2n) is 7.07. The SMILES string of the molecule is COc1cc([C@@H]2OC[C@]3(CO)[C@H](C)C=C(C)[C@H]2[C@@H]3C)ccc1O. The number of benzene rings is 1. The van der Waals surface area contributed by atoms with Crippen LogP contribution in [0.5, 0.6) is 11.5 Å². The number of hydrogen-bond acceptors (Lipinski definition) is 4. The van der Waals surface area contributed by atoms with Crippen LogP contribution in [0.25, 0.3) is 0 Å². The zero-order valence-corrected chi connectivity index (χ0v) is 14.2. The van der Waals surface area contributed by atoms with Crippen LogP contribution in [0.4, 0.5) is 0 Å². The summed E-state index contributed by atoms with van der Waals surface area (Å²) >= 11 is 0. The van der Waals surface area contributed by atoms with Crippen molar-refractivity contribution in [3.63, 3.8) is 0 Å². The average Bonchev–Trinajstić information content (AvgIpc) is 2.53. The number of fused-ring (bicyclic) bond motifs is 2. The van der Waals surface area contributed by atoms with E-state index in [0.29, 0.717) is 24.2 Å². The van der Waals surface area contributed by atoms with Crippen LogP contribution in [0, 0.1) is 23.2 Å². The van der Waals surface area contributed by atoms with Crippen molar-refractivity contribution in [3.8, 4) is 11.5 Å². The van der Waals surface area contributed by atoms with Crippen LogP contribution >= 0.6 is 0 Å². The molecule has 0 unspecified atom stereocenters. The van der Waals surface area contributed by atoms with Crippen LogP contribution in [0.3, 0.4) is 0 Å². The molecule has 0 amide bonds. The van der Waals surface area contributed by atoms with Crippen molar-refractivity contribution in [1.29, 1.82) is 0 Å². The predicted octanol–water partition coefficient (Wildman–Crippen LogP) is 3.30. The van der Waals surface area contributed by atoms with E-state index in [1.807, 2.05) is 12.1 Å². The van der Waals surface area contributed by atoms with Gasteiger partial charge in [-0.3, -0.25) is 0 Å². The minimum Gasteiger partial charge on any atom is -0.504 e. The Hall–Kier alpha value is -1.52. The van der Waals surface area contributed by atoms with E-state index in [-0.39, 0.29) is 29.8 Å². The number of hydrogen-bond donors (Lipinski definition) is 2. The number of phenols is 1. The van der Waals surface area contributed by atoms with Gasteiger partial charge in [0.25, 0.3) is 0 Å². The van der Waals surface area contributed by atoms with E-state index in [1.54, 1.807) is 13.2 Å². The Bertz CT molecular complexity index is 624. The number of aromatic hydroxyl groups is 1. The van der Waals surface area contributed by atoms with Crippen molar-refractivity contribution >= 4 is 0 Å². The lowest BCUT2D eigenvalue weighted by Gasteiger charge is -2.55. The highest BCUT2D eigenvalue weighted by Crippen LogP contribution is 2.56. The van der Waals surface area contributed by atoms with Crippen molar-refractivity contribution in [2.75, 3.05) is 20.3 Å². The van der Waals surface area contributed by atoms with Crippen LogP contribution in [-0.2, 0) is 4.74 Å². The van der Waals surface area contributed by atoms with E-state index in [1.165, 1.54) is 5.57 Å². The van der Waals surface area contributed by atoms with Crippen molar-refractivity contribution < 1.29 is 19.7 Å². The number of aliphatic hydroxyl groups is 1. The highest BCUT2D eigenvalue weighted by atomic mass is 16.5. The molecule has 1 aromatic rings. The third kappa shape index (κ3) is 2.36. The molecule has 1 aromatic carbocycles. The molecule has 1 saturated heterocycles. The molecule has 4 heteroatoms. The normalized spacial score (nSPS) is 36.5. The van der Waals surface area contributed by atoms with Gasteiger partial charge in [-0.15, -0.1) is 0 Å². The fourth-order valence-electron chi connectivity index (χ4n) is 4.46. The summed E-state index contributed by atoms with van der Waals surface area (Å²) in [7, 11) is 1.55. The van der Waals surface area contributed by atoms with E-state index in [4.69, 9.17) is 9.47 Å². The lowest BCUT2D eigenvalue weighted by molar-refractivity contribution is -0.165. The van der Waals surface area contributed by atoms with Gasteiger partial charge in [0.15, 0.2) is 11.5 Å². The third-order valence-electron chi connectivity index (χ3n) is 6.08. The summed E-state index contributed by atoms with van der Waals surface area (Å²) in [5, 5.41) is 19.9. The van der Waals surface area contributed by atoms with Crippen LogP contribution in [0.15, 0.2) is 29.8 Å². The maximum Gasteiger partial charge on any atom is 0.160 e. The summed E-state index contributed by atoms with van der Waals surface area (Å²) in [6, 6.07) is 5.40. The standard InChI is InChI=1S/C19H26O4/c1-11-7-12(2)19(9-20)10-23-18(17(11)13(19)3)14-5-6-15(21)16(8-14)22-4/h5-8,12-13,17-18,20-21H,9-10H2,1-4H3/t12-,13+,17+,18+,19-/m1/s1. The first kappa shape index (κ1) is 16.3. The fourth-order valence-corrected chi connectivity index (χ4v) is 4.46. The highest BCUT2D eigenvalue weighted by Gasteiger charge is 2.53. The summed E-state index contributed by atoms with van der Waals surface area (Å²) in [5.41, 5.74) is 2.11. The van der Waals surface area contributed by atoms with Crippen LogP contribution in [0.1, 0.15) is 32.4 Å². The summed E-state index contributed by atoms with van der Waals surface area (Å²) < 4.78 is 11.5. The molecule has 0 saturated carbocycles. The molecule has 2 aliphatic rings. The second kappa shape index (κ2) is 5.84.